The van der Waals surface area contributed by atoms with Gasteiger partial charge in [0.1, 0.15) is 17.3 Å². The maximum atomic E-state index is 13.7. The fourth-order valence-corrected chi connectivity index (χ4v) is 2.59. The van der Waals surface area contributed by atoms with Gasteiger partial charge in [0, 0.05) is 5.33 Å². The Balaban J connectivity index is 2.32. The van der Waals surface area contributed by atoms with Crippen molar-refractivity contribution in [3.8, 4) is 11.3 Å². The second-order valence-electron chi connectivity index (χ2n) is 4.69. The van der Waals surface area contributed by atoms with E-state index in [-0.39, 0.29) is 5.82 Å². The van der Waals surface area contributed by atoms with E-state index >= 15 is 0 Å². The quantitative estimate of drug-likeness (QED) is 0.675. The Morgan fingerprint density at radius 1 is 1.26 bits per heavy atom. The van der Waals surface area contributed by atoms with Gasteiger partial charge < -0.3 is 4.42 Å². The first kappa shape index (κ1) is 14.1. The van der Waals surface area contributed by atoms with Gasteiger partial charge in [-0.1, -0.05) is 47.5 Å². The molecule has 1 heterocycles. The van der Waals surface area contributed by atoms with E-state index in [4.69, 9.17) is 4.42 Å². The SMILES string of the molecule is CC(C)C(=Cc1ccc(-c2ccccc2F)o1)CBr. The number of hydrogen-bond donors (Lipinski definition) is 0. The lowest BCUT2D eigenvalue weighted by atomic mass is 10.0. The Kier molecular flexibility index (Phi) is 4.59. The maximum Gasteiger partial charge on any atom is 0.137 e. The van der Waals surface area contributed by atoms with Crippen LogP contribution in [0.2, 0.25) is 0 Å². The molecular weight excluding hydrogens is 307 g/mol. The number of benzene rings is 1. The van der Waals surface area contributed by atoms with E-state index in [9.17, 15) is 4.39 Å². The number of hydrogen-bond acceptors (Lipinski definition) is 1. The molecule has 0 aliphatic heterocycles. The molecule has 2 rings (SSSR count). The molecule has 1 aromatic heterocycles. The van der Waals surface area contributed by atoms with Crippen LogP contribution in [0.25, 0.3) is 17.4 Å². The molecule has 3 heteroatoms. The van der Waals surface area contributed by atoms with Gasteiger partial charge in [-0.2, -0.15) is 0 Å². The zero-order valence-corrected chi connectivity index (χ0v) is 12.6. The molecule has 0 spiro atoms. The summed E-state index contributed by atoms with van der Waals surface area (Å²) in [7, 11) is 0. The molecule has 0 bridgehead atoms. The molecule has 0 saturated heterocycles. The topological polar surface area (TPSA) is 13.1 Å². The minimum atomic E-state index is -0.267. The lowest BCUT2D eigenvalue weighted by Crippen LogP contribution is -1.94. The Morgan fingerprint density at radius 2 is 2.00 bits per heavy atom. The van der Waals surface area contributed by atoms with Crippen LogP contribution in [0.4, 0.5) is 4.39 Å². The van der Waals surface area contributed by atoms with Crippen LogP contribution in [0.15, 0.2) is 46.4 Å². The summed E-state index contributed by atoms with van der Waals surface area (Å²) in [5.41, 5.74) is 1.74. The lowest BCUT2D eigenvalue weighted by molar-refractivity contribution is 0.559. The zero-order chi connectivity index (χ0) is 13.8. The molecule has 0 atom stereocenters. The fourth-order valence-electron chi connectivity index (χ4n) is 1.78. The van der Waals surface area contributed by atoms with Crippen molar-refractivity contribution in [2.24, 2.45) is 5.92 Å². The number of allylic oxidation sites excluding steroid dienone is 1. The van der Waals surface area contributed by atoms with Crippen molar-refractivity contribution in [1.29, 1.82) is 0 Å². The minimum absolute atomic E-state index is 0.267. The van der Waals surface area contributed by atoms with Gasteiger partial charge in [0.25, 0.3) is 0 Å². The van der Waals surface area contributed by atoms with Crippen molar-refractivity contribution in [2.75, 3.05) is 5.33 Å². The summed E-state index contributed by atoms with van der Waals surface area (Å²) in [4.78, 5) is 0. The average molecular weight is 323 g/mol. The van der Waals surface area contributed by atoms with E-state index in [1.54, 1.807) is 24.3 Å². The highest BCUT2D eigenvalue weighted by Gasteiger charge is 2.09. The largest absolute Gasteiger partial charge is 0.457 e. The third kappa shape index (κ3) is 3.35. The van der Waals surface area contributed by atoms with Crippen LogP contribution in [0.3, 0.4) is 0 Å². The van der Waals surface area contributed by atoms with E-state index in [0.717, 1.165) is 11.1 Å². The normalized spacial score (nSPS) is 12.2. The van der Waals surface area contributed by atoms with Gasteiger partial charge in [0.2, 0.25) is 0 Å². The number of furan rings is 1. The van der Waals surface area contributed by atoms with E-state index in [0.29, 0.717) is 17.2 Å². The van der Waals surface area contributed by atoms with Crippen molar-refractivity contribution in [2.45, 2.75) is 13.8 Å². The Hall–Kier alpha value is -1.35. The Morgan fingerprint density at radius 3 is 2.63 bits per heavy atom. The molecule has 0 aliphatic rings. The summed E-state index contributed by atoms with van der Waals surface area (Å²) >= 11 is 3.47. The van der Waals surface area contributed by atoms with Crippen molar-refractivity contribution in [3.05, 3.63) is 53.5 Å². The second-order valence-corrected chi connectivity index (χ2v) is 5.25. The average Bonchev–Trinajstić information content (AvgIpc) is 2.84. The Labute approximate surface area is 121 Å². The van der Waals surface area contributed by atoms with E-state index in [1.807, 2.05) is 12.1 Å². The first-order valence-electron chi connectivity index (χ1n) is 6.23. The van der Waals surface area contributed by atoms with Gasteiger partial charge in [-0.05, 0) is 36.3 Å². The molecule has 19 heavy (non-hydrogen) atoms. The smallest absolute Gasteiger partial charge is 0.137 e. The summed E-state index contributed by atoms with van der Waals surface area (Å²) in [6, 6.07) is 10.3. The summed E-state index contributed by atoms with van der Waals surface area (Å²) in [5.74, 6) is 1.49. The Bertz CT molecular complexity index is 584. The molecule has 1 nitrogen and oxygen atoms in total. The molecule has 0 unspecified atom stereocenters. The predicted octanol–water partition coefficient (Wildman–Crippen LogP) is 5.52. The highest BCUT2D eigenvalue weighted by atomic mass is 79.9. The van der Waals surface area contributed by atoms with Gasteiger partial charge in [-0.25, -0.2) is 4.39 Å². The number of rotatable bonds is 4. The molecule has 1 aromatic carbocycles. The standard InChI is InChI=1S/C16H16BrFO/c1-11(2)12(10-17)9-13-7-8-16(19-13)14-5-3-4-6-15(14)18/h3-9,11H,10H2,1-2H3. The van der Waals surface area contributed by atoms with Gasteiger partial charge in [-0.15, -0.1) is 0 Å². The molecule has 0 amide bonds. The van der Waals surface area contributed by atoms with Crippen molar-refractivity contribution in [1.82, 2.24) is 0 Å². The molecule has 100 valence electrons. The van der Waals surface area contributed by atoms with Gasteiger partial charge in [0.15, 0.2) is 0 Å². The predicted molar refractivity (Wildman–Crippen MR) is 80.7 cm³/mol. The highest BCUT2D eigenvalue weighted by Crippen LogP contribution is 2.26. The van der Waals surface area contributed by atoms with Crippen molar-refractivity contribution < 1.29 is 8.81 Å². The summed E-state index contributed by atoms with van der Waals surface area (Å²) < 4.78 is 19.4. The molecule has 0 fully saturated rings. The molecule has 0 radical (unpaired) electrons. The van der Waals surface area contributed by atoms with Crippen LogP contribution >= 0.6 is 15.9 Å². The van der Waals surface area contributed by atoms with Crippen LogP contribution in [0.1, 0.15) is 19.6 Å². The van der Waals surface area contributed by atoms with Crippen LogP contribution in [0, 0.1) is 11.7 Å². The fraction of sp³-hybridized carbons (Fsp3) is 0.250. The van der Waals surface area contributed by atoms with Gasteiger partial charge in [-0.3, -0.25) is 0 Å². The number of alkyl halides is 1. The maximum absolute atomic E-state index is 13.7. The van der Waals surface area contributed by atoms with Crippen LogP contribution in [-0.2, 0) is 0 Å². The monoisotopic (exact) mass is 322 g/mol. The third-order valence-corrected chi connectivity index (χ3v) is 3.64. The van der Waals surface area contributed by atoms with Crippen LogP contribution in [-0.4, -0.2) is 5.33 Å². The zero-order valence-electron chi connectivity index (χ0n) is 11.0. The molecule has 0 saturated carbocycles. The van der Waals surface area contributed by atoms with E-state index in [1.165, 1.54) is 11.6 Å². The summed E-state index contributed by atoms with van der Waals surface area (Å²) in [6.45, 7) is 4.27. The first-order valence-corrected chi connectivity index (χ1v) is 7.35. The first-order chi connectivity index (χ1) is 9.11. The number of halogens is 2. The van der Waals surface area contributed by atoms with Crippen LogP contribution < -0.4 is 0 Å². The lowest BCUT2D eigenvalue weighted by Gasteiger charge is -2.06. The van der Waals surface area contributed by atoms with E-state index < -0.39 is 0 Å². The molecule has 0 N–H and O–H groups in total. The van der Waals surface area contributed by atoms with Gasteiger partial charge in [0.05, 0.1) is 5.56 Å². The minimum Gasteiger partial charge on any atom is -0.457 e. The van der Waals surface area contributed by atoms with Crippen molar-refractivity contribution >= 4 is 22.0 Å². The second kappa shape index (κ2) is 6.20. The van der Waals surface area contributed by atoms with Gasteiger partial charge >= 0.3 is 0 Å². The highest BCUT2D eigenvalue weighted by molar-refractivity contribution is 9.09. The molecular formula is C16H16BrFO. The summed E-state index contributed by atoms with van der Waals surface area (Å²) in [5, 5.41) is 0.806. The summed E-state index contributed by atoms with van der Waals surface area (Å²) in [6.07, 6.45) is 2.00. The van der Waals surface area contributed by atoms with Crippen LogP contribution in [0.5, 0.6) is 0 Å². The third-order valence-electron chi connectivity index (χ3n) is 2.99. The van der Waals surface area contributed by atoms with Crippen molar-refractivity contribution in [3.63, 3.8) is 0 Å². The molecule has 2 aromatic rings. The molecule has 0 aliphatic carbocycles. The van der Waals surface area contributed by atoms with E-state index in [2.05, 4.69) is 29.8 Å².